The first-order valence-corrected chi connectivity index (χ1v) is 12.3. The van der Waals surface area contributed by atoms with Gasteiger partial charge in [0.05, 0.1) is 5.69 Å². The zero-order chi connectivity index (χ0) is 24.4. The number of aryl methyl sites for hydroxylation is 2. The van der Waals surface area contributed by atoms with Gasteiger partial charge < -0.3 is 4.90 Å². The van der Waals surface area contributed by atoms with E-state index in [4.69, 9.17) is 5.10 Å². The molecule has 1 aromatic carbocycles. The smallest absolute Gasteiger partial charge is 0.222 e. The maximum atomic E-state index is 13.1. The number of hydrogen-bond acceptors (Lipinski definition) is 6. The molecule has 182 valence electrons. The van der Waals surface area contributed by atoms with E-state index in [9.17, 15) is 4.79 Å². The van der Waals surface area contributed by atoms with Gasteiger partial charge in [0, 0.05) is 44.8 Å². The van der Waals surface area contributed by atoms with Crippen molar-refractivity contribution in [1.82, 2.24) is 39.4 Å². The summed E-state index contributed by atoms with van der Waals surface area (Å²) in [5.41, 5.74) is 5.09. The highest BCUT2D eigenvalue weighted by atomic mass is 16.2. The summed E-state index contributed by atoms with van der Waals surface area (Å²) in [6, 6.07) is 14.3. The van der Waals surface area contributed by atoms with Gasteiger partial charge in [0.25, 0.3) is 0 Å². The third kappa shape index (κ3) is 4.95. The van der Waals surface area contributed by atoms with E-state index in [1.54, 1.807) is 4.52 Å². The van der Waals surface area contributed by atoms with E-state index in [1.807, 2.05) is 48.6 Å². The number of amides is 1. The molecule has 1 saturated heterocycles. The second-order valence-electron chi connectivity index (χ2n) is 9.27. The first-order chi connectivity index (χ1) is 17.0. The summed E-state index contributed by atoms with van der Waals surface area (Å²) in [5, 5.41) is 17.5. The van der Waals surface area contributed by atoms with Gasteiger partial charge in [-0.2, -0.15) is 9.61 Å². The van der Waals surface area contributed by atoms with Crippen molar-refractivity contribution >= 4 is 11.6 Å². The fraction of sp³-hybridized carbons (Fsp3) is 0.423. The lowest BCUT2D eigenvalue weighted by Gasteiger charge is -2.22. The number of aromatic nitrogens is 6. The molecule has 3 aromatic heterocycles. The Morgan fingerprint density at radius 3 is 2.57 bits per heavy atom. The Morgan fingerprint density at radius 1 is 0.914 bits per heavy atom. The second kappa shape index (κ2) is 9.95. The molecule has 0 N–H and O–H groups in total. The summed E-state index contributed by atoms with van der Waals surface area (Å²) in [6.45, 7) is 10.4. The Labute approximate surface area is 205 Å². The van der Waals surface area contributed by atoms with Gasteiger partial charge in [-0.25, -0.2) is 4.68 Å². The Balaban J connectivity index is 1.22. The van der Waals surface area contributed by atoms with Crippen molar-refractivity contribution in [2.24, 2.45) is 0 Å². The molecule has 1 aliphatic heterocycles. The van der Waals surface area contributed by atoms with E-state index in [2.05, 4.69) is 44.5 Å². The maximum Gasteiger partial charge on any atom is 0.222 e. The molecule has 9 nitrogen and oxygen atoms in total. The molecule has 1 fully saturated rings. The summed E-state index contributed by atoms with van der Waals surface area (Å²) < 4.78 is 3.57. The fourth-order valence-electron chi connectivity index (χ4n) is 4.87. The minimum Gasteiger partial charge on any atom is -0.341 e. The predicted molar refractivity (Wildman–Crippen MR) is 133 cm³/mol. The summed E-state index contributed by atoms with van der Waals surface area (Å²) in [4.78, 5) is 17.6. The van der Waals surface area contributed by atoms with Gasteiger partial charge in [-0.05, 0) is 56.9 Å². The minimum atomic E-state index is 0.220. The van der Waals surface area contributed by atoms with Crippen LogP contribution in [0.4, 0.5) is 0 Å². The normalized spacial score (nSPS) is 15.0. The van der Waals surface area contributed by atoms with Crippen LogP contribution in [0.3, 0.4) is 0 Å². The zero-order valence-corrected chi connectivity index (χ0v) is 20.7. The van der Waals surface area contributed by atoms with Gasteiger partial charge in [0.2, 0.25) is 5.91 Å². The van der Waals surface area contributed by atoms with Crippen molar-refractivity contribution in [1.29, 1.82) is 0 Å². The monoisotopic (exact) mass is 472 g/mol. The molecule has 0 spiro atoms. The predicted octanol–water partition coefficient (Wildman–Crippen LogP) is 2.90. The first kappa shape index (κ1) is 23.2. The van der Waals surface area contributed by atoms with Crippen LogP contribution in [-0.4, -0.2) is 71.5 Å². The quantitative estimate of drug-likeness (QED) is 0.429. The van der Waals surface area contributed by atoms with E-state index >= 15 is 0 Å². The van der Waals surface area contributed by atoms with Crippen LogP contribution in [0, 0.1) is 20.8 Å². The summed E-state index contributed by atoms with van der Waals surface area (Å²) in [6.07, 6.45) is 2.17. The van der Waals surface area contributed by atoms with E-state index in [0.717, 1.165) is 61.9 Å². The molecule has 0 saturated carbocycles. The molecular weight excluding hydrogens is 440 g/mol. The summed E-state index contributed by atoms with van der Waals surface area (Å²) in [7, 11) is 0. The standard InChI is InChI=1S/C26H32N8O/c1-19-23(20(2)33(29-19)25-12-11-24-28-27-21(3)34(24)30-25)10-13-26(35)32-15-7-14-31(16-17-32)18-22-8-5-4-6-9-22/h4-6,8-9,11-12H,7,10,13-18H2,1-3H3. The molecule has 9 heteroatoms. The molecule has 1 amide bonds. The molecule has 5 rings (SSSR count). The SMILES string of the molecule is Cc1nn(-c2ccc3nnc(C)n3n2)c(C)c1CCC(=O)N1CCCN(Cc2ccccc2)CC1. The van der Waals surface area contributed by atoms with Crippen LogP contribution in [0.2, 0.25) is 0 Å². The molecule has 4 heterocycles. The van der Waals surface area contributed by atoms with Crippen molar-refractivity contribution in [2.75, 3.05) is 26.2 Å². The Hall–Kier alpha value is -3.59. The largest absolute Gasteiger partial charge is 0.341 e. The molecule has 0 radical (unpaired) electrons. The number of benzene rings is 1. The highest BCUT2D eigenvalue weighted by molar-refractivity contribution is 5.76. The maximum absolute atomic E-state index is 13.1. The molecular formula is C26H32N8O. The number of hydrogen-bond donors (Lipinski definition) is 0. The van der Waals surface area contributed by atoms with E-state index in [-0.39, 0.29) is 5.91 Å². The number of carbonyl (C=O) groups excluding carboxylic acids is 1. The van der Waals surface area contributed by atoms with E-state index < -0.39 is 0 Å². The van der Waals surface area contributed by atoms with Gasteiger partial charge in [-0.15, -0.1) is 15.3 Å². The molecule has 0 bridgehead atoms. The lowest BCUT2D eigenvalue weighted by atomic mass is 10.1. The molecule has 4 aromatic rings. The number of fused-ring (bicyclic) bond motifs is 1. The number of rotatable bonds is 6. The van der Waals surface area contributed by atoms with Crippen LogP contribution in [0.1, 0.15) is 41.2 Å². The molecule has 1 aliphatic rings. The topological polar surface area (TPSA) is 84.4 Å². The van der Waals surface area contributed by atoms with Gasteiger partial charge in [0.15, 0.2) is 17.3 Å². The summed E-state index contributed by atoms with van der Waals surface area (Å²) >= 11 is 0. The average Bonchev–Trinajstić information content (AvgIpc) is 3.26. The second-order valence-corrected chi connectivity index (χ2v) is 9.27. The van der Waals surface area contributed by atoms with Gasteiger partial charge in [-0.1, -0.05) is 30.3 Å². The zero-order valence-electron chi connectivity index (χ0n) is 20.7. The summed E-state index contributed by atoms with van der Waals surface area (Å²) in [5.74, 6) is 1.66. The first-order valence-electron chi connectivity index (χ1n) is 12.3. The minimum absolute atomic E-state index is 0.220. The molecule has 0 aliphatic carbocycles. The Bertz CT molecular complexity index is 1330. The third-order valence-electron chi connectivity index (χ3n) is 6.84. The van der Waals surface area contributed by atoms with Crippen molar-refractivity contribution < 1.29 is 4.79 Å². The molecule has 35 heavy (non-hydrogen) atoms. The van der Waals surface area contributed by atoms with Crippen LogP contribution < -0.4 is 0 Å². The van der Waals surface area contributed by atoms with Gasteiger partial charge in [-0.3, -0.25) is 9.69 Å². The van der Waals surface area contributed by atoms with E-state index in [1.165, 1.54) is 5.56 Å². The average molecular weight is 473 g/mol. The Morgan fingerprint density at radius 2 is 1.74 bits per heavy atom. The highest BCUT2D eigenvalue weighted by Gasteiger charge is 2.21. The lowest BCUT2D eigenvalue weighted by Crippen LogP contribution is -2.35. The van der Waals surface area contributed by atoms with Crippen LogP contribution in [0.5, 0.6) is 0 Å². The lowest BCUT2D eigenvalue weighted by molar-refractivity contribution is -0.131. The van der Waals surface area contributed by atoms with Gasteiger partial charge in [0.1, 0.15) is 0 Å². The molecule has 0 atom stereocenters. The van der Waals surface area contributed by atoms with Crippen LogP contribution in [-0.2, 0) is 17.8 Å². The Kier molecular flexibility index (Phi) is 6.59. The highest BCUT2D eigenvalue weighted by Crippen LogP contribution is 2.20. The molecule has 0 unspecified atom stereocenters. The van der Waals surface area contributed by atoms with Crippen molar-refractivity contribution in [3.8, 4) is 5.82 Å². The fourth-order valence-corrected chi connectivity index (χ4v) is 4.87. The van der Waals surface area contributed by atoms with E-state index in [0.29, 0.717) is 24.3 Å². The van der Waals surface area contributed by atoms with Crippen LogP contribution in [0.15, 0.2) is 42.5 Å². The van der Waals surface area contributed by atoms with Crippen molar-refractivity contribution in [3.05, 3.63) is 70.8 Å². The number of nitrogens with zero attached hydrogens (tertiary/aromatic N) is 8. The number of carbonyl (C=O) groups is 1. The third-order valence-corrected chi connectivity index (χ3v) is 6.84. The van der Waals surface area contributed by atoms with Crippen molar-refractivity contribution in [3.63, 3.8) is 0 Å². The van der Waals surface area contributed by atoms with Crippen LogP contribution in [0.25, 0.3) is 11.5 Å². The van der Waals surface area contributed by atoms with Gasteiger partial charge >= 0.3 is 0 Å². The van der Waals surface area contributed by atoms with Crippen molar-refractivity contribution in [2.45, 2.75) is 46.6 Å². The van der Waals surface area contributed by atoms with Crippen LogP contribution >= 0.6 is 0 Å².